The number of benzene rings is 2. The molecule has 2 aromatic rings. The largest absolute Gasteiger partial charge is 0.352 e. The number of rotatable bonds is 11. The lowest BCUT2D eigenvalue weighted by atomic mass is 10.1. The van der Waals surface area contributed by atoms with Crippen molar-refractivity contribution in [3.63, 3.8) is 0 Å². The number of anilines is 1. The molecular weight excluding hydrogens is 509 g/mol. The zero-order chi connectivity index (χ0) is 26.3. The number of nitrogens with zero attached hydrogens (tertiary/aromatic N) is 2. The zero-order valence-electron chi connectivity index (χ0n) is 20.7. The highest BCUT2D eigenvalue weighted by molar-refractivity contribution is 7.92. The van der Waals surface area contributed by atoms with Gasteiger partial charge in [0.2, 0.25) is 21.8 Å². The summed E-state index contributed by atoms with van der Waals surface area (Å²) >= 11 is 12.3. The molecule has 0 aromatic heterocycles. The summed E-state index contributed by atoms with van der Waals surface area (Å²) < 4.78 is 26.3. The number of amides is 2. The molecule has 0 heterocycles. The average Bonchev–Trinajstić information content (AvgIpc) is 2.78. The number of hydrogen-bond acceptors (Lipinski definition) is 4. The zero-order valence-corrected chi connectivity index (χ0v) is 23.0. The Morgan fingerprint density at radius 3 is 2.31 bits per heavy atom. The van der Waals surface area contributed by atoms with Gasteiger partial charge in [0, 0.05) is 17.6 Å². The Kier molecular flexibility index (Phi) is 10.4. The summed E-state index contributed by atoms with van der Waals surface area (Å²) in [5.41, 5.74) is 1.94. The maximum absolute atomic E-state index is 13.7. The number of halogens is 2. The van der Waals surface area contributed by atoms with E-state index in [-0.39, 0.29) is 34.2 Å². The Bertz CT molecular complexity index is 1160. The van der Waals surface area contributed by atoms with Crippen LogP contribution in [0.2, 0.25) is 10.0 Å². The van der Waals surface area contributed by atoms with Gasteiger partial charge in [-0.05, 0) is 50.5 Å². The Balaban J connectivity index is 2.49. The smallest absolute Gasteiger partial charge is 0.244 e. The van der Waals surface area contributed by atoms with E-state index >= 15 is 0 Å². The molecule has 0 aliphatic carbocycles. The number of carbonyl (C=O) groups excluding carboxylic acids is 2. The van der Waals surface area contributed by atoms with E-state index in [1.54, 1.807) is 0 Å². The van der Waals surface area contributed by atoms with Crippen LogP contribution in [0.4, 0.5) is 5.69 Å². The molecule has 0 bridgehead atoms. The molecule has 7 nitrogen and oxygen atoms in total. The van der Waals surface area contributed by atoms with Crippen molar-refractivity contribution >= 4 is 50.7 Å². The van der Waals surface area contributed by atoms with E-state index in [0.29, 0.717) is 6.42 Å². The lowest BCUT2D eigenvalue weighted by molar-refractivity contribution is -0.140. The molecule has 192 valence electrons. The quantitative estimate of drug-likeness (QED) is 0.443. The molecule has 0 spiro atoms. The minimum Gasteiger partial charge on any atom is -0.352 e. The van der Waals surface area contributed by atoms with Crippen molar-refractivity contribution in [3.05, 3.63) is 63.6 Å². The first kappa shape index (κ1) is 28.9. The molecule has 35 heavy (non-hydrogen) atoms. The van der Waals surface area contributed by atoms with Crippen molar-refractivity contribution < 1.29 is 18.0 Å². The number of carbonyl (C=O) groups is 2. The predicted octanol–water partition coefficient (Wildman–Crippen LogP) is 4.79. The predicted molar refractivity (Wildman–Crippen MR) is 142 cm³/mol. The van der Waals surface area contributed by atoms with Crippen LogP contribution in [0, 0.1) is 6.92 Å². The second kappa shape index (κ2) is 12.6. The Labute approximate surface area is 218 Å². The molecule has 0 saturated heterocycles. The molecule has 0 radical (unpaired) electrons. The van der Waals surface area contributed by atoms with Crippen LogP contribution in [-0.4, -0.2) is 50.0 Å². The molecule has 2 amide bonds. The van der Waals surface area contributed by atoms with Gasteiger partial charge in [-0.25, -0.2) is 8.42 Å². The second-order valence-corrected chi connectivity index (χ2v) is 11.4. The first-order chi connectivity index (χ1) is 16.4. The van der Waals surface area contributed by atoms with Crippen molar-refractivity contribution in [2.24, 2.45) is 0 Å². The van der Waals surface area contributed by atoms with Crippen molar-refractivity contribution in [3.8, 4) is 0 Å². The molecule has 0 aliphatic rings. The Hall–Kier alpha value is -2.29. The first-order valence-corrected chi connectivity index (χ1v) is 14.1. The molecule has 0 aliphatic heterocycles. The third-order valence-electron chi connectivity index (χ3n) is 5.68. The van der Waals surface area contributed by atoms with Gasteiger partial charge in [-0.3, -0.25) is 13.9 Å². The summed E-state index contributed by atoms with van der Waals surface area (Å²) in [7, 11) is -3.90. The van der Waals surface area contributed by atoms with Gasteiger partial charge in [0.05, 0.1) is 17.0 Å². The van der Waals surface area contributed by atoms with Gasteiger partial charge in [-0.1, -0.05) is 66.9 Å². The van der Waals surface area contributed by atoms with Crippen molar-refractivity contribution in [1.29, 1.82) is 0 Å². The summed E-state index contributed by atoms with van der Waals surface area (Å²) in [5, 5.41) is 3.36. The van der Waals surface area contributed by atoms with E-state index in [0.717, 1.165) is 28.1 Å². The number of nitrogens with one attached hydrogen (secondary N) is 1. The maximum Gasteiger partial charge on any atom is 0.244 e. The molecule has 2 aromatic carbocycles. The minimum atomic E-state index is -3.90. The molecule has 0 unspecified atom stereocenters. The molecule has 2 atom stereocenters. The number of aryl methyl sites for hydroxylation is 1. The fraction of sp³-hybridized carbons (Fsp3) is 0.440. The van der Waals surface area contributed by atoms with Gasteiger partial charge in [0.1, 0.15) is 12.6 Å². The van der Waals surface area contributed by atoms with E-state index in [4.69, 9.17) is 23.2 Å². The average molecular weight is 543 g/mol. The van der Waals surface area contributed by atoms with Crippen LogP contribution in [0.3, 0.4) is 0 Å². The van der Waals surface area contributed by atoms with Gasteiger partial charge in [-0.2, -0.15) is 0 Å². The van der Waals surface area contributed by atoms with Crippen LogP contribution in [-0.2, 0) is 26.2 Å². The fourth-order valence-corrected chi connectivity index (χ4v) is 4.93. The van der Waals surface area contributed by atoms with Gasteiger partial charge in [-0.15, -0.1) is 0 Å². The van der Waals surface area contributed by atoms with Crippen LogP contribution in [0.1, 0.15) is 44.7 Å². The molecular formula is C25H33Cl2N3O4S. The number of sulfonamides is 1. The van der Waals surface area contributed by atoms with Gasteiger partial charge < -0.3 is 10.2 Å². The minimum absolute atomic E-state index is 0.0646. The summed E-state index contributed by atoms with van der Waals surface area (Å²) in [6, 6.07) is 11.2. The fourth-order valence-electron chi connectivity index (χ4n) is 3.64. The first-order valence-electron chi connectivity index (χ1n) is 11.5. The van der Waals surface area contributed by atoms with Gasteiger partial charge >= 0.3 is 0 Å². The Morgan fingerprint density at radius 1 is 1.06 bits per heavy atom. The van der Waals surface area contributed by atoms with Gasteiger partial charge in [0.25, 0.3) is 0 Å². The molecule has 0 fully saturated rings. The van der Waals surface area contributed by atoms with Crippen LogP contribution in [0.25, 0.3) is 0 Å². The SMILES string of the molecule is CC[C@@H](C)NC(=O)[C@H](CC)N(Cc1cccc(C)c1)C(=O)CN(c1cc(Cl)ccc1Cl)S(C)(=O)=O. The second-order valence-electron chi connectivity index (χ2n) is 8.62. The molecule has 1 N–H and O–H groups in total. The van der Waals surface area contributed by atoms with Crippen molar-refractivity contribution in [2.45, 2.75) is 59.2 Å². The lowest BCUT2D eigenvalue weighted by Crippen LogP contribution is -2.53. The van der Waals surface area contributed by atoms with Crippen LogP contribution < -0.4 is 9.62 Å². The molecule has 0 saturated carbocycles. The number of hydrogen-bond donors (Lipinski definition) is 1. The summed E-state index contributed by atoms with van der Waals surface area (Å²) in [4.78, 5) is 28.2. The van der Waals surface area contributed by atoms with E-state index < -0.39 is 28.5 Å². The van der Waals surface area contributed by atoms with Gasteiger partial charge in [0.15, 0.2) is 0 Å². The third-order valence-corrected chi connectivity index (χ3v) is 7.36. The van der Waals surface area contributed by atoms with E-state index in [2.05, 4.69) is 5.32 Å². The van der Waals surface area contributed by atoms with Crippen LogP contribution in [0.15, 0.2) is 42.5 Å². The summed E-state index contributed by atoms with van der Waals surface area (Å²) in [6.45, 7) is 7.23. The topological polar surface area (TPSA) is 86.8 Å². The highest BCUT2D eigenvalue weighted by atomic mass is 35.5. The summed E-state index contributed by atoms with van der Waals surface area (Å²) in [5.74, 6) is -0.811. The van der Waals surface area contributed by atoms with Crippen molar-refractivity contribution in [1.82, 2.24) is 10.2 Å². The lowest BCUT2D eigenvalue weighted by Gasteiger charge is -2.33. The van der Waals surface area contributed by atoms with E-state index in [9.17, 15) is 18.0 Å². The highest BCUT2D eigenvalue weighted by Gasteiger charge is 2.32. The summed E-state index contributed by atoms with van der Waals surface area (Å²) in [6.07, 6.45) is 2.09. The maximum atomic E-state index is 13.7. The molecule has 10 heteroatoms. The third kappa shape index (κ3) is 8.12. The van der Waals surface area contributed by atoms with Crippen molar-refractivity contribution in [2.75, 3.05) is 17.1 Å². The highest BCUT2D eigenvalue weighted by Crippen LogP contribution is 2.31. The normalized spacial score (nSPS) is 13.1. The van der Waals surface area contributed by atoms with Crippen LogP contribution >= 0.6 is 23.2 Å². The standard InChI is InChI=1S/C25H33Cl2N3O4S/c1-6-18(4)28-25(32)22(7-2)29(15-19-10-8-9-17(3)13-19)24(31)16-30(35(5,33)34)23-14-20(26)11-12-21(23)27/h8-14,18,22H,6-7,15-16H2,1-5H3,(H,28,32)/t18-,22+/m1/s1. The van der Waals surface area contributed by atoms with E-state index in [1.165, 1.54) is 23.1 Å². The monoisotopic (exact) mass is 541 g/mol. The van der Waals surface area contributed by atoms with Crippen LogP contribution in [0.5, 0.6) is 0 Å². The Morgan fingerprint density at radius 2 is 1.74 bits per heavy atom. The molecule has 2 rings (SSSR count). The van der Waals surface area contributed by atoms with E-state index in [1.807, 2.05) is 52.0 Å².